The van der Waals surface area contributed by atoms with Gasteiger partial charge in [-0.1, -0.05) is 24.6 Å². The van der Waals surface area contributed by atoms with Gasteiger partial charge in [0, 0.05) is 12.1 Å². The van der Waals surface area contributed by atoms with Gasteiger partial charge in [0.05, 0.1) is 5.56 Å². The number of benzene rings is 2. The fraction of sp³-hybridized carbons (Fsp3) is 0.176. The van der Waals surface area contributed by atoms with Crippen LogP contribution in [0.4, 0.5) is 5.69 Å². The molecule has 0 heterocycles. The first kappa shape index (κ1) is 14.8. The molecule has 1 amide bonds. The molecule has 0 saturated heterocycles. The molecule has 0 fully saturated rings. The van der Waals surface area contributed by atoms with Crippen LogP contribution in [0.5, 0.6) is 5.75 Å². The van der Waals surface area contributed by atoms with Crippen LogP contribution in [-0.2, 0) is 4.79 Å². The van der Waals surface area contributed by atoms with Gasteiger partial charge in [0.25, 0.3) is 0 Å². The summed E-state index contributed by atoms with van der Waals surface area (Å²) in [5.41, 5.74) is 2.27. The van der Waals surface area contributed by atoms with Gasteiger partial charge in [0.2, 0.25) is 5.91 Å². The van der Waals surface area contributed by atoms with Crippen molar-refractivity contribution in [3.05, 3.63) is 59.7 Å². The number of amides is 1. The number of rotatable bonds is 4. The molecule has 0 saturated carbocycles. The SMILES string of the molecule is CCC(=O)Nc1ccc(OC(=O)c2ccc(C)cc2)cc1. The van der Waals surface area contributed by atoms with Crippen LogP contribution in [0.15, 0.2) is 48.5 Å². The van der Waals surface area contributed by atoms with E-state index < -0.39 is 5.97 Å². The number of carbonyl (C=O) groups is 2. The maximum Gasteiger partial charge on any atom is 0.343 e. The highest BCUT2D eigenvalue weighted by molar-refractivity contribution is 5.92. The van der Waals surface area contributed by atoms with Crippen LogP contribution < -0.4 is 10.1 Å². The molecule has 0 spiro atoms. The summed E-state index contributed by atoms with van der Waals surface area (Å²) >= 11 is 0. The molecular weight excluding hydrogens is 266 g/mol. The van der Waals surface area contributed by atoms with Crippen molar-refractivity contribution in [3.63, 3.8) is 0 Å². The molecule has 4 heteroatoms. The third-order valence-corrected chi connectivity index (χ3v) is 2.96. The number of hydrogen-bond donors (Lipinski definition) is 1. The second-order valence-corrected chi connectivity index (χ2v) is 4.68. The Balaban J connectivity index is 2.01. The lowest BCUT2D eigenvalue weighted by molar-refractivity contribution is -0.115. The van der Waals surface area contributed by atoms with Crippen LogP contribution in [0, 0.1) is 6.92 Å². The third kappa shape index (κ3) is 4.18. The summed E-state index contributed by atoms with van der Waals surface area (Å²) in [6.07, 6.45) is 0.421. The highest BCUT2D eigenvalue weighted by Gasteiger charge is 2.08. The Morgan fingerprint density at radius 2 is 1.62 bits per heavy atom. The molecule has 21 heavy (non-hydrogen) atoms. The Morgan fingerprint density at radius 3 is 2.19 bits per heavy atom. The van der Waals surface area contributed by atoms with Gasteiger partial charge in [-0.2, -0.15) is 0 Å². The fourth-order valence-electron chi connectivity index (χ4n) is 1.71. The van der Waals surface area contributed by atoms with Crippen molar-refractivity contribution in [2.75, 3.05) is 5.32 Å². The van der Waals surface area contributed by atoms with Gasteiger partial charge in [0.15, 0.2) is 0 Å². The summed E-state index contributed by atoms with van der Waals surface area (Å²) in [6, 6.07) is 13.9. The Hall–Kier alpha value is -2.62. The van der Waals surface area contributed by atoms with Gasteiger partial charge in [-0.25, -0.2) is 4.79 Å². The molecule has 0 aliphatic rings. The number of carbonyl (C=O) groups excluding carboxylic acids is 2. The van der Waals surface area contributed by atoms with E-state index in [0.29, 0.717) is 23.4 Å². The molecule has 2 aromatic rings. The average Bonchev–Trinajstić information content (AvgIpc) is 2.49. The zero-order valence-corrected chi connectivity index (χ0v) is 12.1. The van der Waals surface area contributed by atoms with Crippen molar-refractivity contribution in [2.24, 2.45) is 0 Å². The van der Waals surface area contributed by atoms with Crippen LogP contribution in [0.2, 0.25) is 0 Å². The first-order chi connectivity index (χ1) is 10.1. The number of anilines is 1. The molecule has 0 bridgehead atoms. The first-order valence-corrected chi connectivity index (χ1v) is 6.77. The van der Waals surface area contributed by atoms with E-state index in [1.807, 2.05) is 19.1 Å². The Bertz CT molecular complexity index is 630. The van der Waals surface area contributed by atoms with Gasteiger partial charge >= 0.3 is 5.97 Å². The van der Waals surface area contributed by atoms with Crippen molar-refractivity contribution in [1.82, 2.24) is 0 Å². The van der Waals surface area contributed by atoms with E-state index in [9.17, 15) is 9.59 Å². The van der Waals surface area contributed by atoms with Crippen LogP contribution in [0.1, 0.15) is 29.3 Å². The fourth-order valence-corrected chi connectivity index (χ4v) is 1.71. The predicted octanol–water partition coefficient (Wildman–Crippen LogP) is 3.56. The Morgan fingerprint density at radius 1 is 1.00 bits per heavy atom. The summed E-state index contributed by atoms with van der Waals surface area (Å²) < 4.78 is 5.27. The van der Waals surface area contributed by atoms with E-state index in [1.54, 1.807) is 43.3 Å². The maximum absolute atomic E-state index is 11.9. The molecule has 1 N–H and O–H groups in total. The lowest BCUT2D eigenvalue weighted by Gasteiger charge is -2.07. The predicted molar refractivity (Wildman–Crippen MR) is 81.5 cm³/mol. The molecule has 0 atom stereocenters. The standard InChI is InChI=1S/C17H17NO3/c1-3-16(19)18-14-8-10-15(11-9-14)21-17(20)13-6-4-12(2)5-7-13/h4-11H,3H2,1-2H3,(H,18,19). The summed E-state index contributed by atoms with van der Waals surface area (Å²) in [6.45, 7) is 3.74. The second-order valence-electron chi connectivity index (χ2n) is 4.68. The van der Waals surface area contributed by atoms with Crippen molar-refractivity contribution in [1.29, 1.82) is 0 Å². The minimum absolute atomic E-state index is 0.0561. The van der Waals surface area contributed by atoms with E-state index in [4.69, 9.17) is 4.74 Å². The van der Waals surface area contributed by atoms with Gasteiger partial charge in [-0.05, 0) is 43.3 Å². The molecule has 0 aliphatic heterocycles. The molecule has 0 radical (unpaired) electrons. The third-order valence-electron chi connectivity index (χ3n) is 2.96. The van der Waals surface area contributed by atoms with Gasteiger partial charge < -0.3 is 10.1 Å². The number of aryl methyl sites for hydroxylation is 1. The van der Waals surface area contributed by atoms with E-state index in [0.717, 1.165) is 5.56 Å². The Labute approximate surface area is 123 Å². The second kappa shape index (κ2) is 6.70. The Kier molecular flexibility index (Phi) is 4.72. The highest BCUT2D eigenvalue weighted by Crippen LogP contribution is 2.17. The molecule has 0 aromatic heterocycles. The monoisotopic (exact) mass is 283 g/mol. The lowest BCUT2D eigenvalue weighted by atomic mass is 10.1. The largest absolute Gasteiger partial charge is 0.423 e. The summed E-state index contributed by atoms with van der Waals surface area (Å²) in [7, 11) is 0. The highest BCUT2D eigenvalue weighted by atomic mass is 16.5. The van der Waals surface area contributed by atoms with Gasteiger partial charge in [-0.15, -0.1) is 0 Å². The summed E-state index contributed by atoms with van der Waals surface area (Å²) in [5.74, 6) is -0.0187. The summed E-state index contributed by atoms with van der Waals surface area (Å²) in [5, 5.41) is 2.73. The van der Waals surface area contributed by atoms with E-state index in [-0.39, 0.29) is 5.91 Å². The van der Waals surface area contributed by atoms with Crippen LogP contribution in [0.3, 0.4) is 0 Å². The normalized spacial score (nSPS) is 10.0. The molecular formula is C17H17NO3. The van der Waals surface area contributed by atoms with Crippen LogP contribution in [0.25, 0.3) is 0 Å². The van der Waals surface area contributed by atoms with E-state index in [2.05, 4.69) is 5.32 Å². The van der Waals surface area contributed by atoms with Crippen molar-refractivity contribution in [2.45, 2.75) is 20.3 Å². The zero-order valence-electron chi connectivity index (χ0n) is 12.1. The molecule has 2 aromatic carbocycles. The number of ether oxygens (including phenoxy) is 1. The lowest BCUT2D eigenvalue weighted by Crippen LogP contribution is -2.10. The quantitative estimate of drug-likeness (QED) is 0.689. The van der Waals surface area contributed by atoms with Crippen molar-refractivity contribution in [3.8, 4) is 5.75 Å². The summed E-state index contributed by atoms with van der Waals surface area (Å²) in [4.78, 5) is 23.2. The van der Waals surface area contributed by atoms with Gasteiger partial charge in [-0.3, -0.25) is 4.79 Å². The van der Waals surface area contributed by atoms with Gasteiger partial charge in [0.1, 0.15) is 5.75 Å². The molecule has 108 valence electrons. The molecule has 2 rings (SSSR count). The van der Waals surface area contributed by atoms with Crippen LogP contribution >= 0.6 is 0 Å². The average molecular weight is 283 g/mol. The molecule has 0 unspecified atom stereocenters. The molecule has 4 nitrogen and oxygen atoms in total. The minimum atomic E-state index is -0.402. The van der Waals surface area contributed by atoms with Crippen molar-refractivity contribution < 1.29 is 14.3 Å². The number of nitrogens with one attached hydrogen (secondary N) is 1. The zero-order chi connectivity index (χ0) is 15.2. The topological polar surface area (TPSA) is 55.4 Å². The number of hydrogen-bond acceptors (Lipinski definition) is 3. The first-order valence-electron chi connectivity index (χ1n) is 6.77. The molecule has 0 aliphatic carbocycles. The minimum Gasteiger partial charge on any atom is -0.423 e. The van der Waals surface area contributed by atoms with E-state index in [1.165, 1.54) is 0 Å². The van der Waals surface area contributed by atoms with E-state index >= 15 is 0 Å². The van der Waals surface area contributed by atoms with Crippen molar-refractivity contribution >= 4 is 17.6 Å². The maximum atomic E-state index is 11.9. The smallest absolute Gasteiger partial charge is 0.343 e. The van der Waals surface area contributed by atoms with Crippen LogP contribution in [-0.4, -0.2) is 11.9 Å². The number of esters is 1.